The van der Waals surface area contributed by atoms with Gasteiger partial charge in [-0.1, -0.05) is 72.8 Å². The number of hydrogen-bond acceptors (Lipinski definition) is 4. The molecule has 164 valence electrons. The minimum atomic E-state index is -0.537. The predicted octanol–water partition coefficient (Wildman–Crippen LogP) is 6.32. The molecule has 0 amide bonds. The molecule has 0 fully saturated rings. The molecule has 1 unspecified atom stereocenters. The van der Waals surface area contributed by atoms with Gasteiger partial charge in [0.25, 0.3) is 0 Å². The van der Waals surface area contributed by atoms with Crippen LogP contribution in [0.15, 0.2) is 121 Å². The maximum atomic E-state index is 8.49. The Kier molecular flexibility index (Phi) is 13.2. The average Bonchev–Trinajstić information content (AvgIpc) is 2.81. The van der Waals surface area contributed by atoms with Gasteiger partial charge in [0, 0.05) is 23.5 Å². The molecule has 0 radical (unpaired) electrons. The molecule has 0 bridgehead atoms. The van der Waals surface area contributed by atoms with Crippen molar-refractivity contribution < 1.29 is 31.3 Å². The van der Waals surface area contributed by atoms with Gasteiger partial charge in [-0.15, -0.1) is 0 Å². The fraction of sp³-hybridized carbons (Fsp3) is 0.111. The van der Waals surface area contributed by atoms with E-state index in [-0.39, 0.29) is 26.8 Å². The van der Waals surface area contributed by atoms with Gasteiger partial charge < -0.3 is 10.2 Å². The van der Waals surface area contributed by atoms with Gasteiger partial charge in [0.1, 0.15) is 0 Å². The van der Waals surface area contributed by atoms with Gasteiger partial charge in [-0.3, -0.25) is 9.97 Å². The minimum absolute atomic E-state index is 0. The Morgan fingerprint density at radius 2 is 1.06 bits per heavy atom. The molecule has 4 nitrogen and oxygen atoms in total. The van der Waals surface area contributed by atoms with E-state index in [1.807, 2.05) is 85.2 Å². The normalized spacial score (nSPS) is 10.9. The summed E-state index contributed by atoms with van der Waals surface area (Å²) in [5.41, 5.74) is 4.38. The molecule has 0 aliphatic carbocycles. The fourth-order valence-electron chi connectivity index (χ4n) is 2.63. The number of aliphatic hydroxyl groups is 2. The Hall–Kier alpha value is -3.07. The van der Waals surface area contributed by atoms with Crippen molar-refractivity contribution in [3.05, 3.63) is 121 Å². The Balaban J connectivity index is 0.000000246. The van der Waals surface area contributed by atoms with E-state index in [0.717, 1.165) is 22.5 Å². The largest absolute Gasteiger partial charge is 4.00 e. The van der Waals surface area contributed by atoms with Gasteiger partial charge in [-0.05, 0) is 44.2 Å². The number of benzene rings is 2. The molecule has 0 saturated heterocycles. The zero-order valence-corrected chi connectivity index (χ0v) is 20.4. The number of rotatable bonds is 3. The number of allylic oxidation sites excluding steroid dienone is 1. The number of nitrogens with zero attached hydrogens (tertiary/aromatic N) is 2. The Morgan fingerprint density at radius 1 is 0.688 bits per heavy atom. The molecule has 2 N–H and O–H groups in total. The number of pyridine rings is 2. The summed E-state index contributed by atoms with van der Waals surface area (Å²) in [6.07, 6.45) is 4.44. The third-order valence-electron chi connectivity index (χ3n) is 3.95. The van der Waals surface area contributed by atoms with E-state index in [0.29, 0.717) is 0 Å². The zero-order valence-electron chi connectivity index (χ0n) is 18.2. The van der Waals surface area contributed by atoms with Crippen LogP contribution in [0.5, 0.6) is 0 Å². The van der Waals surface area contributed by atoms with Crippen LogP contribution < -0.4 is 0 Å². The number of aliphatic hydroxyl groups excluding tert-OH is 2. The van der Waals surface area contributed by atoms with Crippen LogP contribution >= 0.6 is 0 Å². The zero-order chi connectivity index (χ0) is 22.3. The van der Waals surface area contributed by atoms with Crippen molar-refractivity contribution in [3.63, 3.8) is 0 Å². The van der Waals surface area contributed by atoms with Gasteiger partial charge >= 0.3 is 21.1 Å². The van der Waals surface area contributed by atoms with Crippen molar-refractivity contribution in [1.82, 2.24) is 9.97 Å². The molecule has 0 spiro atoms. The molecule has 2 aromatic heterocycles. The van der Waals surface area contributed by atoms with E-state index >= 15 is 0 Å². The van der Waals surface area contributed by atoms with Crippen molar-refractivity contribution >= 4 is 0 Å². The maximum absolute atomic E-state index is 8.49. The van der Waals surface area contributed by atoms with E-state index < -0.39 is 6.10 Å². The summed E-state index contributed by atoms with van der Waals surface area (Å²) >= 11 is 0. The Bertz CT molecular complexity index is 856. The standard InChI is InChI=1S/2C11H9N.C5H10O2.Pt/c2*1-2-6-10(7-3-1)11-8-4-5-9-12-11;1-4(6)3-5(2)7;/h2*1-9H;3-4,6-7H,1-2H3;/q;;;+4/b;;5-3-;. The molecule has 1 atom stereocenters. The molecule has 0 aliphatic rings. The van der Waals surface area contributed by atoms with Crippen molar-refractivity contribution in [1.29, 1.82) is 0 Å². The molecule has 4 rings (SSSR count). The molecular formula is C27H28N2O2Pt+4. The first-order chi connectivity index (χ1) is 15.1. The topological polar surface area (TPSA) is 66.2 Å². The van der Waals surface area contributed by atoms with Crippen molar-refractivity contribution in [2.45, 2.75) is 20.0 Å². The summed E-state index contributed by atoms with van der Waals surface area (Å²) in [5, 5.41) is 16.9. The second-order valence-corrected chi connectivity index (χ2v) is 6.71. The van der Waals surface area contributed by atoms with Crippen LogP contribution in [-0.4, -0.2) is 26.3 Å². The first-order valence-corrected chi connectivity index (χ1v) is 10.0. The van der Waals surface area contributed by atoms with Crippen LogP contribution in [0.4, 0.5) is 0 Å². The van der Waals surface area contributed by atoms with Crippen molar-refractivity contribution in [2.24, 2.45) is 0 Å². The van der Waals surface area contributed by atoms with Crippen LogP contribution in [0.1, 0.15) is 13.8 Å². The van der Waals surface area contributed by atoms with E-state index in [4.69, 9.17) is 10.2 Å². The summed E-state index contributed by atoms with van der Waals surface area (Å²) in [6.45, 7) is 3.10. The van der Waals surface area contributed by atoms with Gasteiger partial charge in [-0.25, -0.2) is 0 Å². The molecule has 2 heterocycles. The van der Waals surface area contributed by atoms with Gasteiger partial charge in [-0.2, -0.15) is 0 Å². The average molecular weight is 608 g/mol. The molecule has 0 saturated carbocycles. The van der Waals surface area contributed by atoms with E-state index in [1.165, 1.54) is 13.0 Å². The second kappa shape index (κ2) is 15.7. The van der Waals surface area contributed by atoms with Crippen LogP contribution in [0.2, 0.25) is 0 Å². The SMILES string of the molecule is C/C(O)=C/C(C)O.[Pt+4].c1ccc(-c2ccccn2)cc1.c1ccc(-c2ccccn2)cc1. The molecule has 5 heteroatoms. The number of aromatic nitrogens is 2. The first kappa shape index (κ1) is 27.0. The predicted molar refractivity (Wildman–Crippen MR) is 127 cm³/mol. The Labute approximate surface area is 204 Å². The van der Waals surface area contributed by atoms with Crippen LogP contribution in [0.25, 0.3) is 22.5 Å². The summed E-state index contributed by atoms with van der Waals surface area (Å²) < 4.78 is 0. The third-order valence-corrected chi connectivity index (χ3v) is 3.95. The number of hydrogen-bond donors (Lipinski definition) is 2. The van der Waals surface area contributed by atoms with E-state index in [1.54, 1.807) is 6.92 Å². The summed E-state index contributed by atoms with van der Waals surface area (Å²) in [4.78, 5) is 8.50. The summed E-state index contributed by atoms with van der Waals surface area (Å²) in [5.74, 6) is 0.162. The maximum Gasteiger partial charge on any atom is 4.00 e. The summed E-state index contributed by atoms with van der Waals surface area (Å²) in [6, 6.07) is 32.2. The van der Waals surface area contributed by atoms with Crippen molar-refractivity contribution in [3.8, 4) is 22.5 Å². The van der Waals surface area contributed by atoms with Gasteiger partial charge in [0.15, 0.2) is 0 Å². The fourth-order valence-corrected chi connectivity index (χ4v) is 2.63. The van der Waals surface area contributed by atoms with Crippen LogP contribution in [-0.2, 0) is 21.1 Å². The van der Waals surface area contributed by atoms with Crippen LogP contribution in [0.3, 0.4) is 0 Å². The quantitative estimate of drug-likeness (QED) is 0.268. The molecule has 32 heavy (non-hydrogen) atoms. The smallest absolute Gasteiger partial charge is 0.513 e. The molecule has 4 aromatic rings. The van der Waals surface area contributed by atoms with Crippen molar-refractivity contribution in [2.75, 3.05) is 0 Å². The Morgan fingerprint density at radius 3 is 1.31 bits per heavy atom. The van der Waals surface area contributed by atoms with Gasteiger partial charge in [0.2, 0.25) is 0 Å². The van der Waals surface area contributed by atoms with Crippen LogP contribution in [0, 0.1) is 0 Å². The monoisotopic (exact) mass is 607 g/mol. The van der Waals surface area contributed by atoms with E-state index in [9.17, 15) is 0 Å². The summed E-state index contributed by atoms with van der Waals surface area (Å²) in [7, 11) is 0. The molecular weight excluding hydrogens is 579 g/mol. The second-order valence-electron chi connectivity index (χ2n) is 6.71. The van der Waals surface area contributed by atoms with E-state index in [2.05, 4.69) is 34.2 Å². The molecule has 2 aromatic carbocycles. The third kappa shape index (κ3) is 10.8. The minimum Gasteiger partial charge on any atom is -0.513 e. The molecule has 0 aliphatic heterocycles. The first-order valence-electron chi connectivity index (χ1n) is 10.0. The van der Waals surface area contributed by atoms with Gasteiger partial charge in [0.05, 0.1) is 23.3 Å².